The van der Waals surface area contributed by atoms with Crippen LogP contribution in [0, 0.1) is 0 Å². The van der Waals surface area contributed by atoms with Gasteiger partial charge in [-0.15, -0.1) is 11.6 Å². The van der Waals surface area contributed by atoms with Gasteiger partial charge in [0.2, 0.25) is 10.0 Å². The van der Waals surface area contributed by atoms with Gasteiger partial charge in [-0.1, -0.05) is 30.3 Å². The molecule has 1 aromatic carbocycles. The first-order valence-corrected chi connectivity index (χ1v) is 7.82. The Morgan fingerprint density at radius 3 is 2.53 bits per heavy atom. The third kappa shape index (κ3) is 6.05. The van der Waals surface area contributed by atoms with Crippen molar-refractivity contribution in [1.82, 2.24) is 4.72 Å². The van der Waals surface area contributed by atoms with E-state index in [2.05, 4.69) is 4.72 Å². The van der Waals surface area contributed by atoms with E-state index in [1.807, 2.05) is 37.3 Å². The SMILES string of the molecule is CC(CCCCl)NS(=O)(=O)Cc1ccccc1. The van der Waals surface area contributed by atoms with E-state index >= 15 is 0 Å². The first-order valence-electron chi connectivity index (χ1n) is 5.63. The molecular formula is C12H18ClNO2S. The number of alkyl halides is 1. The second kappa shape index (κ2) is 6.99. The van der Waals surface area contributed by atoms with Crippen LogP contribution in [0.3, 0.4) is 0 Å². The molecule has 0 saturated carbocycles. The number of benzene rings is 1. The van der Waals surface area contributed by atoms with Gasteiger partial charge in [-0.3, -0.25) is 0 Å². The molecule has 0 saturated heterocycles. The summed E-state index contributed by atoms with van der Waals surface area (Å²) in [6.45, 7) is 1.86. The minimum atomic E-state index is -3.26. The van der Waals surface area contributed by atoms with Crippen LogP contribution < -0.4 is 4.72 Å². The Bertz CT molecular complexity index is 419. The molecule has 1 unspecified atom stereocenters. The van der Waals surface area contributed by atoms with Crippen molar-refractivity contribution in [2.75, 3.05) is 5.88 Å². The molecule has 0 bridgehead atoms. The van der Waals surface area contributed by atoms with Crippen molar-refractivity contribution in [2.45, 2.75) is 31.6 Å². The average Bonchev–Trinajstić information content (AvgIpc) is 2.26. The van der Waals surface area contributed by atoms with Crippen LogP contribution in [0.1, 0.15) is 25.3 Å². The van der Waals surface area contributed by atoms with E-state index < -0.39 is 10.0 Å². The smallest absolute Gasteiger partial charge is 0.212 e. The van der Waals surface area contributed by atoms with Crippen LogP contribution in [0.25, 0.3) is 0 Å². The van der Waals surface area contributed by atoms with E-state index in [1.54, 1.807) is 0 Å². The largest absolute Gasteiger partial charge is 0.216 e. The summed E-state index contributed by atoms with van der Waals surface area (Å²) in [6, 6.07) is 9.09. The number of rotatable bonds is 7. The van der Waals surface area contributed by atoms with Gasteiger partial charge < -0.3 is 0 Å². The predicted octanol–water partition coefficient (Wildman–Crippen LogP) is 2.51. The fourth-order valence-corrected chi connectivity index (χ4v) is 3.18. The predicted molar refractivity (Wildman–Crippen MR) is 71.6 cm³/mol. The van der Waals surface area contributed by atoms with Crippen molar-refractivity contribution in [3.05, 3.63) is 35.9 Å². The summed E-state index contributed by atoms with van der Waals surface area (Å²) < 4.78 is 26.3. The minimum Gasteiger partial charge on any atom is -0.212 e. The molecule has 0 aliphatic heterocycles. The molecule has 5 heteroatoms. The van der Waals surface area contributed by atoms with Crippen molar-refractivity contribution >= 4 is 21.6 Å². The molecule has 1 N–H and O–H groups in total. The zero-order valence-corrected chi connectivity index (χ0v) is 11.5. The van der Waals surface area contributed by atoms with Crippen molar-refractivity contribution in [1.29, 1.82) is 0 Å². The third-order valence-electron chi connectivity index (χ3n) is 2.35. The van der Waals surface area contributed by atoms with Crippen LogP contribution in [0.15, 0.2) is 30.3 Å². The molecule has 0 fully saturated rings. The molecule has 1 aromatic rings. The molecule has 96 valence electrons. The zero-order chi connectivity index (χ0) is 12.7. The minimum absolute atomic E-state index is 0.0268. The molecule has 3 nitrogen and oxygen atoms in total. The van der Waals surface area contributed by atoms with E-state index in [-0.39, 0.29) is 11.8 Å². The first kappa shape index (κ1) is 14.5. The fourth-order valence-electron chi connectivity index (χ4n) is 1.58. The van der Waals surface area contributed by atoms with Crippen LogP contribution in [0.2, 0.25) is 0 Å². The van der Waals surface area contributed by atoms with Crippen LogP contribution in [-0.2, 0) is 15.8 Å². The van der Waals surface area contributed by atoms with Gasteiger partial charge in [-0.25, -0.2) is 13.1 Å². The maximum absolute atomic E-state index is 11.8. The fraction of sp³-hybridized carbons (Fsp3) is 0.500. The lowest BCUT2D eigenvalue weighted by Crippen LogP contribution is -2.33. The van der Waals surface area contributed by atoms with Gasteiger partial charge in [0, 0.05) is 11.9 Å². The molecule has 0 radical (unpaired) electrons. The molecular weight excluding hydrogens is 258 g/mol. The van der Waals surface area contributed by atoms with E-state index in [9.17, 15) is 8.42 Å². The second-order valence-electron chi connectivity index (χ2n) is 4.09. The third-order valence-corrected chi connectivity index (χ3v) is 4.09. The number of hydrogen-bond acceptors (Lipinski definition) is 2. The van der Waals surface area contributed by atoms with Gasteiger partial charge >= 0.3 is 0 Å². The van der Waals surface area contributed by atoms with E-state index in [4.69, 9.17) is 11.6 Å². The lowest BCUT2D eigenvalue weighted by atomic mass is 10.2. The molecule has 0 aliphatic rings. The van der Waals surface area contributed by atoms with Gasteiger partial charge in [0.25, 0.3) is 0 Å². The van der Waals surface area contributed by atoms with E-state index in [0.717, 1.165) is 18.4 Å². The Morgan fingerprint density at radius 1 is 1.29 bits per heavy atom. The van der Waals surface area contributed by atoms with Crippen LogP contribution >= 0.6 is 11.6 Å². The Hall–Kier alpha value is -0.580. The summed E-state index contributed by atoms with van der Waals surface area (Å²) in [4.78, 5) is 0. The molecule has 1 rings (SSSR count). The highest BCUT2D eigenvalue weighted by Gasteiger charge is 2.14. The van der Waals surface area contributed by atoms with Gasteiger partial charge in [0.15, 0.2) is 0 Å². The molecule has 0 spiro atoms. The summed E-state index contributed by atoms with van der Waals surface area (Å²) in [5.74, 6) is 0.587. The van der Waals surface area contributed by atoms with E-state index in [1.165, 1.54) is 0 Å². The Balaban J connectivity index is 2.52. The highest BCUT2D eigenvalue weighted by molar-refractivity contribution is 7.88. The topological polar surface area (TPSA) is 46.2 Å². The monoisotopic (exact) mass is 275 g/mol. The Kier molecular flexibility index (Phi) is 5.95. The summed E-state index contributed by atoms with van der Waals surface area (Å²) in [7, 11) is -3.26. The summed E-state index contributed by atoms with van der Waals surface area (Å²) in [6.07, 6.45) is 1.58. The quantitative estimate of drug-likeness (QED) is 0.777. The maximum atomic E-state index is 11.8. The molecule has 0 amide bonds. The molecule has 0 aliphatic carbocycles. The lowest BCUT2D eigenvalue weighted by Gasteiger charge is -2.13. The van der Waals surface area contributed by atoms with Crippen molar-refractivity contribution in [2.24, 2.45) is 0 Å². The Labute approximate surface area is 108 Å². The molecule has 0 heterocycles. The molecule has 1 atom stereocenters. The molecule has 17 heavy (non-hydrogen) atoms. The van der Waals surface area contributed by atoms with Crippen LogP contribution in [0.5, 0.6) is 0 Å². The number of hydrogen-bond donors (Lipinski definition) is 1. The lowest BCUT2D eigenvalue weighted by molar-refractivity contribution is 0.544. The highest BCUT2D eigenvalue weighted by Crippen LogP contribution is 2.06. The summed E-state index contributed by atoms with van der Waals surface area (Å²) in [5.41, 5.74) is 0.796. The number of sulfonamides is 1. The summed E-state index contributed by atoms with van der Waals surface area (Å²) in [5, 5.41) is 0. The van der Waals surface area contributed by atoms with Crippen LogP contribution in [0.4, 0.5) is 0 Å². The Morgan fingerprint density at radius 2 is 1.94 bits per heavy atom. The van der Waals surface area contributed by atoms with Gasteiger partial charge in [0.1, 0.15) is 0 Å². The van der Waals surface area contributed by atoms with Gasteiger partial charge in [0.05, 0.1) is 5.75 Å². The summed E-state index contributed by atoms with van der Waals surface area (Å²) >= 11 is 5.57. The van der Waals surface area contributed by atoms with Crippen molar-refractivity contribution in [3.8, 4) is 0 Å². The zero-order valence-electron chi connectivity index (χ0n) is 9.90. The van der Waals surface area contributed by atoms with Crippen LogP contribution in [-0.4, -0.2) is 20.3 Å². The van der Waals surface area contributed by atoms with Crippen molar-refractivity contribution < 1.29 is 8.42 Å². The normalized spacial score (nSPS) is 13.5. The van der Waals surface area contributed by atoms with Gasteiger partial charge in [-0.05, 0) is 25.3 Å². The average molecular weight is 276 g/mol. The standard InChI is InChI=1S/C12H18ClNO2S/c1-11(6-5-9-13)14-17(15,16)10-12-7-3-2-4-8-12/h2-4,7-8,11,14H,5-6,9-10H2,1H3. The van der Waals surface area contributed by atoms with Crippen molar-refractivity contribution in [3.63, 3.8) is 0 Å². The number of halogens is 1. The van der Waals surface area contributed by atoms with Gasteiger partial charge in [-0.2, -0.15) is 0 Å². The second-order valence-corrected chi connectivity index (χ2v) is 6.23. The molecule has 0 aromatic heterocycles. The first-order chi connectivity index (χ1) is 8.03. The maximum Gasteiger partial charge on any atom is 0.216 e. The van der Waals surface area contributed by atoms with E-state index in [0.29, 0.717) is 5.88 Å². The number of nitrogens with one attached hydrogen (secondary N) is 1. The highest BCUT2D eigenvalue weighted by atomic mass is 35.5.